The predicted octanol–water partition coefficient (Wildman–Crippen LogP) is 5.49. The molecule has 1 unspecified atom stereocenters. The first-order valence-electron chi connectivity index (χ1n) is 11.6. The number of β-amino-alcohol motifs (C(OH)–C–C–N with tert-alkyl or cyclic N) is 1. The molecule has 1 saturated heterocycles. The molecule has 4 nitrogen and oxygen atoms in total. The molecule has 1 heterocycles. The van der Waals surface area contributed by atoms with Crippen LogP contribution in [0.5, 0.6) is 5.75 Å². The second-order valence-electron chi connectivity index (χ2n) is 11.2. The van der Waals surface area contributed by atoms with E-state index in [1.54, 1.807) is 0 Å². The predicted molar refractivity (Wildman–Crippen MR) is 134 cm³/mol. The first-order valence-corrected chi connectivity index (χ1v) is 12.0. The molecule has 3 rings (SSSR count). The highest BCUT2D eigenvalue weighted by molar-refractivity contribution is 6.30. The summed E-state index contributed by atoms with van der Waals surface area (Å²) in [6.07, 6.45) is -0.500. The van der Waals surface area contributed by atoms with Crippen LogP contribution in [-0.4, -0.2) is 52.7 Å². The molecule has 1 aliphatic rings. The van der Waals surface area contributed by atoms with Gasteiger partial charge in [-0.25, -0.2) is 0 Å². The number of aromatic hydroxyl groups is 1. The molecular weight excluding hydrogens is 420 g/mol. The quantitative estimate of drug-likeness (QED) is 0.621. The molecule has 32 heavy (non-hydrogen) atoms. The summed E-state index contributed by atoms with van der Waals surface area (Å²) in [5.74, 6) is 0.440. The maximum Gasteiger partial charge on any atom is 0.123 e. The molecule has 1 aliphatic heterocycles. The van der Waals surface area contributed by atoms with E-state index in [2.05, 4.69) is 63.5 Å². The van der Waals surface area contributed by atoms with Crippen molar-refractivity contribution in [3.8, 4) is 5.75 Å². The van der Waals surface area contributed by atoms with Crippen molar-refractivity contribution in [1.29, 1.82) is 0 Å². The Labute approximate surface area is 198 Å². The summed E-state index contributed by atoms with van der Waals surface area (Å²) < 4.78 is 0. The lowest BCUT2D eigenvalue weighted by atomic mass is 9.78. The van der Waals surface area contributed by atoms with Crippen LogP contribution in [0.4, 0.5) is 0 Å². The van der Waals surface area contributed by atoms with Crippen molar-refractivity contribution in [1.82, 2.24) is 9.80 Å². The van der Waals surface area contributed by atoms with Gasteiger partial charge in [0.2, 0.25) is 0 Å². The SMILES string of the molecule is CC(C)(C)c1cc(CN2CCN(CC(O)c3ccc(Cl)cc3)CC2)cc(C(C)(C)C)c1O. The molecule has 0 aliphatic carbocycles. The van der Waals surface area contributed by atoms with Crippen molar-refractivity contribution in [3.05, 3.63) is 63.7 Å². The molecule has 0 aromatic heterocycles. The van der Waals surface area contributed by atoms with E-state index in [9.17, 15) is 10.2 Å². The van der Waals surface area contributed by atoms with Crippen LogP contribution in [0.2, 0.25) is 5.02 Å². The van der Waals surface area contributed by atoms with Crippen molar-refractivity contribution >= 4 is 11.6 Å². The fraction of sp³-hybridized carbons (Fsp3) is 0.556. The minimum absolute atomic E-state index is 0.114. The van der Waals surface area contributed by atoms with Crippen LogP contribution < -0.4 is 0 Å². The summed E-state index contributed by atoms with van der Waals surface area (Å²) in [6, 6.07) is 11.8. The number of hydrogen-bond donors (Lipinski definition) is 2. The number of hydrogen-bond acceptors (Lipinski definition) is 4. The standard InChI is InChI=1S/C27H39ClN2O2/c1-26(2,3)22-15-19(16-23(25(22)32)27(4,5)6)17-29-11-13-30(14-12-29)18-24(31)20-7-9-21(28)10-8-20/h7-10,15-16,24,31-32H,11-14,17-18H2,1-6H3. The van der Waals surface area contributed by atoms with Gasteiger partial charge in [-0.3, -0.25) is 9.80 Å². The van der Waals surface area contributed by atoms with Crippen LogP contribution in [0.1, 0.15) is 69.9 Å². The first-order chi connectivity index (χ1) is 14.8. The Kier molecular flexibility index (Phi) is 7.61. The fourth-order valence-electron chi connectivity index (χ4n) is 4.35. The van der Waals surface area contributed by atoms with Crippen LogP contribution in [0.25, 0.3) is 0 Å². The molecule has 2 aromatic rings. The number of aliphatic hydroxyl groups is 1. The van der Waals surface area contributed by atoms with Crippen molar-refractivity contribution in [3.63, 3.8) is 0 Å². The van der Waals surface area contributed by atoms with Crippen LogP contribution in [0.15, 0.2) is 36.4 Å². The van der Waals surface area contributed by atoms with Gasteiger partial charge in [-0.05, 0) is 45.2 Å². The number of benzene rings is 2. The van der Waals surface area contributed by atoms with Gasteiger partial charge in [0.1, 0.15) is 5.75 Å². The van der Waals surface area contributed by atoms with E-state index in [4.69, 9.17) is 11.6 Å². The zero-order valence-corrected chi connectivity index (χ0v) is 21.2. The summed E-state index contributed by atoms with van der Waals surface area (Å²) in [6.45, 7) is 18.2. The van der Waals surface area contributed by atoms with Crippen molar-refractivity contribution in [2.75, 3.05) is 32.7 Å². The van der Waals surface area contributed by atoms with Crippen LogP contribution in [-0.2, 0) is 17.4 Å². The Hall–Kier alpha value is -1.59. The van der Waals surface area contributed by atoms with Gasteiger partial charge >= 0.3 is 0 Å². The number of piperazine rings is 1. The van der Waals surface area contributed by atoms with Crippen molar-refractivity contribution < 1.29 is 10.2 Å². The van der Waals surface area contributed by atoms with Crippen molar-refractivity contribution in [2.45, 2.75) is 65.0 Å². The Morgan fingerprint density at radius 2 is 1.31 bits per heavy atom. The zero-order valence-electron chi connectivity index (χ0n) is 20.5. The third kappa shape index (κ3) is 6.26. The highest BCUT2D eigenvalue weighted by Gasteiger charge is 2.27. The lowest BCUT2D eigenvalue weighted by molar-refractivity contribution is 0.0701. The molecular formula is C27H39ClN2O2. The number of rotatable bonds is 5. The molecule has 2 aromatic carbocycles. The van der Waals surface area contributed by atoms with Gasteiger partial charge in [0, 0.05) is 44.3 Å². The van der Waals surface area contributed by atoms with E-state index in [1.807, 2.05) is 24.3 Å². The fourth-order valence-corrected chi connectivity index (χ4v) is 4.48. The number of phenolic OH excluding ortho intramolecular Hbond substituents is 1. The maximum absolute atomic E-state index is 11.0. The molecule has 2 N–H and O–H groups in total. The van der Waals surface area contributed by atoms with E-state index in [0.29, 0.717) is 17.3 Å². The van der Waals surface area contributed by atoms with Crippen LogP contribution in [0.3, 0.4) is 0 Å². The van der Waals surface area contributed by atoms with Gasteiger partial charge in [0.25, 0.3) is 0 Å². The van der Waals surface area contributed by atoms with Gasteiger partial charge in [-0.15, -0.1) is 0 Å². The van der Waals surface area contributed by atoms with Gasteiger partial charge < -0.3 is 10.2 Å². The largest absolute Gasteiger partial charge is 0.507 e. The van der Waals surface area contributed by atoms with Gasteiger partial charge in [-0.1, -0.05) is 77.4 Å². The lowest BCUT2D eigenvalue weighted by Crippen LogP contribution is -2.47. The van der Waals surface area contributed by atoms with E-state index in [-0.39, 0.29) is 10.8 Å². The molecule has 5 heteroatoms. The van der Waals surface area contributed by atoms with Crippen molar-refractivity contribution in [2.24, 2.45) is 0 Å². The third-order valence-corrected chi connectivity index (χ3v) is 6.59. The Morgan fingerprint density at radius 1 is 0.844 bits per heavy atom. The average Bonchev–Trinajstić information content (AvgIpc) is 2.69. The van der Waals surface area contributed by atoms with E-state index < -0.39 is 6.10 Å². The monoisotopic (exact) mass is 458 g/mol. The second-order valence-corrected chi connectivity index (χ2v) is 11.6. The van der Waals surface area contributed by atoms with E-state index in [1.165, 1.54) is 5.56 Å². The molecule has 1 atom stereocenters. The summed E-state index contributed by atoms with van der Waals surface area (Å²) in [5.41, 5.74) is 3.97. The maximum atomic E-state index is 11.0. The number of halogens is 1. The summed E-state index contributed by atoms with van der Waals surface area (Å²) in [4.78, 5) is 4.80. The minimum atomic E-state index is -0.500. The lowest BCUT2D eigenvalue weighted by Gasteiger charge is -2.36. The van der Waals surface area contributed by atoms with Crippen LogP contribution >= 0.6 is 11.6 Å². The first kappa shape index (κ1) is 25.0. The van der Waals surface area contributed by atoms with E-state index in [0.717, 1.165) is 49.4 Å². The van der Waals surface area contributed by atoms with Gasteiger partial charge in [-0.2, -0.15) is 0 Å². The number of phenols is 1. The minimum Gasteiger partial charge on any atom is -0.507 e. The number of aliphatic hydroxyl groups excluding tert-OH is 1. The molecule has 0 amide bonds. The molecule has 0 saturated carbocycles. The third-order valence-electron chi connectivity index (χ3n) is 6.34. The van der Waals surface area contributed by atoms with Gasteiger partial charge in [0.15, 0.2) is 0 Å². The topological polar surface area (TPSA) is 46.9 Å². The summed E-state index contributed by atoms with van der Waals surface area (Å²) in [5, 5.41) is 22.2. The van der Waals surface area contributed by atoms with E-state index >= 15 is 0 Å². The van der Waals surface area contributed by atoms with Crippen LogP contribution in [0, 0.1) is 0 Å². The average molecular weight is 459 g/mol. The zero-order chi connectivity index (χ0) is 23.7. The van der Waals surface area contributed by atoms with Gasteiger partial charge in [0.05, 0.1) is 6.10 Å². The highest BCUT2D eigenvalue weighted by atomic mass is 35.5. The molecule has 0 radical (unpaired) electrons. The summed E-state index contributed by atoms with van der Waals surface area (Å²) >= 11 is 5.96. The second kappa shape index (κ2) is 9.72. The molecule has 0 bridgehead atoms. The summed E-state index contributed by atoms with van der Waals surface area (Å²) in [7, 11) is 0. The normalized spacial score (nSPS) is 17.5. The Balaban J connectivity index is 1.65. The number of nitrogens with zero attached hydrogens (tertiary/aromatic N) is 2. The Bertz CT molecular complexity index is 870. The molecule has 1 fully saturated rings. The Morgan fingerprint density at radius 3 is 1.78 bits per heavy atom. The highest BCUT2D eigenvalue weighted by Crippen LogP contribution is 2.40. The smallest absolute Gasteiger partial charge is 0.123 e. The molecule has 176 valence electrons. The molecule has 0 spiro atoms.